The van der Waals surface area contributed by atoms with Crippen molar-refractivity contribution >= 4 is 33.1 Å². The highest BCUT2D eigenvalue weighted by Crippen LogP contribution is 2.21. The van der Waals surface area contributed by atoms with Gasteiger partial charge in [0.15, 0.2) is 0 Å². The van der Waals surface area contributed by atoms with Crippen LogP contribution in [0.15, 0.2) is 48.0 Å². The number of nitrogens with one attached hydrogen (secondary N) is 1. The maximum atomic E-state index is 11.9. The Kier molecular flexibility index (Phi) is 3.35. The van der Waals surface area contributed by atoms with Crippen LogP contribution >= 0.6 is 11.3 Å². The first-order valence-electron chi connectivity index (χ1n) is 6.12. The third-order valence-corrected chi connectivity index (χ3v) is 3.73. The molecule has 0 saturated carbocycles. The molecule has 20 heavy (non-hydrogen) atoms. The number of fused-ring (bicyclic) bond motifs is 1. The van der Waals surface area contributed by atoms with Gasteiger partial charge in [0.25, 0.3) is 0 Å². The van der Waals surface area contributed by atoms with Gasteiger partial charge in [0.2, 0.25) is 5.91 Å². The van der Waals surface area contributed by atoms with Crippen molar-refractivity contribution in [3.05, 3.63) is 53.5 Å². The Balaban J connectivity index is 1.70. The van der Waals surface area contributed by atoms with Gasteiger partial charge in [0.1, 0.15) is 5.75 Å². The Labute approximate surface area is 119 Å². The van der Waals surface area contributed by atoms with E-state index in [-0.39, 0.29) is 18.1 Å². The molecule has 1 aromatic heterocycles. The number of carbonyl (C=O) groups is 1. The largest absolute Gasteiger partial charge is 0.508 e. The van der Waals surface area contributed by atoms with Crippen LogP contribution in [-0.4, -0.2) is 16.0 Å². The van der Waals surface area contributed by atoms with Crippen LogP contribution in [0, 0.1) is 0 Å². The SMILES string of the molecule is O=C(Cc1ccc(O)cc1)Nc1ccc2scnc2c1. The number of amides is 1. The van der Waals surface area contributed by atoms with E-state index in [1.165, 1.54) is 0 Å². The number of hydrogen-bond donors (Lipinski definition) is 2. The number of thiazole rings is 1. The van der Waals surface area contributed by atoms with Crippen LogP contribution in [-0.2, 0) is 11.2 Å². The molecule has 0 fully saturated rings. The quantitative estimate of drug-likeness (QED) is 0.776. The number of hydrogen-bond acceptors (Lipinski definition) is 4. The summed E-state index contributed by atoms with van der Waals surface area (Å²) in [5, 5.41) is 12.0. The zero-order valence-electron chi connectivity index (χ0n) is 10.5. The van der Waals surface area contributed by atoms with Crippen molar-refractivity contribution in [1.29, 1.82) is 0 Å². The summed E-state index contributed by atoms with van der Waals surface area (Å²) >= 11 is 1.57. The summed E-state index contributed by atoms with van der Waals surface area (Å²) in [4.78, 5) is 16.2. The average Bonchev–Trinajstić information content (AvgIpc) is 2.89. The van der Waals surface area contributed by atoms with Crippen LogP contribution in [0.4, 0.5) is 5.69 Å². The highest BCUT2D eigenvalue weighted by Gasteiger charge is 2.05. The molecular weight excluding hydrogens is 272 g/mol. The molecule has 3 aromatic rings. The Hall–Kier alpha value is -2.40. The van der Waals surface area contributed by atoms with Crippen molar-refractivity contribution in [3.8, 4) is 5.75 Å². The topological polar surface area (TPSA) is 62.2 Å². The van der Waals surface area contributed by atoms with Crippen LogP contribution < -0.4 is 5.32 Å². The fourth-order valence-electron chi connectivity index (χ4n) is 1.94. The summed E-state index contributed by atoms with van der Waals surface area (Å²) in [5.74, 6) is 0.105. The molecule has 2 aromatic carbocycles. The van der Waals surface area contributed by atoms with Crippen LogP contribution in [0.1, 0.15) is 5.56 Å². The summed E-state index contributed by atoms with van der Waals surface area (Å²) in [6.07, 6.45) is 0.273. The number of aromatic hydroxyl groups is 1. The average molecular weight is 284 g/mol. The highest BCUT2D eigenvalue weighted by molar-refractivity contribution is 7.16. The van der Waals surface area contributed by atoms with E-state index in [4.69, 9.17) is 0 Å². The number of carbonyl (C=O) groups excluding carboxylic acids is 1. The van der Waals surface area contributed by atoms with Gasteiger partial charge in [-0.25, -0.2) is 4.98 Å². The van der Waals surface area contributed by atoms with Crippen molar-refractivity contribution in [3.63, 3.8) is 0 Å². The number of rotatable bonds is 3. The molecule has 100 valence electrons. The van der Waals surface area contributed by atoms with Gasteiger partial charge in [-0.15, -0.1) is 11.3 Å². The first-order valence-corrected chi connectivity index (χ1v) is 7.00. The first-order chi connectivity index (χ1) is 9.70. The summed E-state index contributed by atoms with van der Waals surface area (Å²) in [6.45, 7) is 0. The van der Waals surface area contributed by atoms with Crippen molar-refractivity contribution in [2.24, 2.45) is 0 Å². The third-order valence-electron chi connectivity index (χ3n) is 2.92. The van der Waals surface area contributed by atoms with Crippen molar-refractivity contribution in [2.45, 2.75) is 6.42 Å². The lowest BCUT2D eigenvalue weighted by Crippen LogP contribution is -2.14. The molecule has 1 amide bonds. The van der Waals surface area contributed by atoms with Crippen LogP contribution in [0.5, 0.6) is 5.75 Å². The van der Waals surface area contributed by atoms with Crippen LogP contribution in [0.2, 0.25) is 0 Å². The fraction of sp³-hybridized carbons (Fsp3) is 0.0667. The molecule has 4 nitrogen and oxygen atoms in total. The van der Waals surface area contributed by atoms with Gasteiger partial charge in [0.05, 0.1) is 22.1 Å². The number of phenols is 1. The van der Waals surface area contributed by atoms with Gasteiger partial charge < -0.3 is 10.4 Å². The Bertz CT molecular complexity index is 750. The summed E-state index contributed by atoms with van der Waals surface area (Å²) < 4.78 is 1.10. The molecule has 0 bridgehead atoms. The second-order valence-electron chi connectivity index (χ2n) is 4.43. The lowest BCUT2D eigenvalue weighted by Gasteiger charge is -2.05. The molecule has 0 spiro atoms. The van der Waals surface area contributed by atoms with Crippen molar-refractivity contribution in [2.75, 3.05) is 5.32 Å². The first kappa shape index (κ1) is 12.6. The van der Waals surface area contributed by atoms with Crippen molar-refractivity contribution < 1.29 is 9.90 Å². The van der Waals surface area contributed by atoms with Gasteiger partial charge in [-0.3, -0.25) is 4.79 Å². The molecule has 2 N–H and O–H groups in total. The monoisotopic (exact) mass is 284 g/mol. The van der Waals surface area contributed by atoms with E-state index in [0.717, 1.165) is 21.5 Å². The molecule has 0 unspecified atom stereocenters. The normalized spacial score (nSPS) is 10.6. The van der Waals surface area contributed by atoms with Gasteiger partial charge in [0, 0.05) is 5.69 Å². The lowest BCUT2D eigenvalue weighted by molar-refractivity contribution is -0.115. The second kappa shape index (κ2) is 5.30. The van der Waals surface area contributed by atoms with Crippen molar-refractivity contribution in [1.82, 2.24) is 4.98 Å². The van der Waals surface area contributed by atoms with E-state index >= 15 is 0 Å². The smallest absolute Gasteiger partial charge is 0.228 e. The maximum Gasteiger partial charge on any atom is 0.228 e. The van der Waals surface area contributed by atoms with Gasteiger partial charge in [-0.1, -0.05) is 12.1 Å². The zero-order valence-corrected chi connectivity index (χ0v) is 11.4. The standard InChI is InChI=1S/C15H12N2O2S/c18-12-4-1-10(2-5-12)7-15(19)17-11-3-6-14-13(8-11)16-9-20-14/h1-6,8-9,18H,7H2,(H,17,19). The summed E-state index contributed by atoms with van der Waals surface area (Å²) in [5.41, 5.74) is 4.27. The lowest BCUT2D eigenvalue weighted by atomic mass is 10.1. The second-order valence-corrected chi connectivity index (χ2v) is 5.31. The molecule has 0 aliphatic heterocycles. The predicted octanol–water partition coefficient (Wildman–Crippen LogP) is 3.18. The van der Waals surface area contributed by atoms with Gasteiger partial charge in [-0.2, -0.15) is 0 Å². The number of benzene rings is 2. The number of aromatic nitrogens is 1. The Morgan fingerprint density at radius 3 is 2.80 bits per heavy atom. The molecule has 0 aliphatic carbocycles. The third kappa shape index (κ3) is 2.78. The van der Waals surface area contributed by atoms with Crippen LogP contribution in [0.25, 0.3) is 10.2 Å². The molecular formula is C15H12N2O2S. The van der Waals surface area contributed by atoms with Gasteiger partial charge in [-0.05, 0) is 35.9 Å². The Morgan fingerprint density at radius 2 is 2.00 bits per heavy atom. The summed E-state index contributed by atoms with van der Waals surface area (Å²) in [6, 6.07) is 12.3. The fourth-order valence-corrected chi connectivity index (χ4v) is 2.60. The minimum absolute atomic E-state index is 0.0923. The minimum Gasteiger partial charge on any atom is -0.508 e. The molecule has 0 aliphatic rings. The molecule has 0 saturated heterocycles. The molecule has 1 heterocycles. The molecule has 3 rings (SSSR count). The Morgan fingerprint density at radius 1 is 1.20 bits per heavy atom. The van der Waals surface area contributed by atoms with E-state index in [1.807, 2.05) is 18.2 Å². The zero-order chi connectivity index (χ0) is 13.9. The predicted molar refractivity (Wildman–Crippen MR) is 80.1 cm³/mol. The van der Waals surface area contributed by atoms with E-state index < -0.39 is 0 Å². The molecule has 5 heteroatoms. The van der Waals surface area contributed by atoms with E-state index in [1.54, 1.807) is 41.1 Å². The minimum atomic E-state index is -0.0923. The summed E-state index contributed by atoms with van der Waals surface area (Å²) in [7, 11) is 0. The molecule has 0 atom stereocenters. The number of phenolic OH excluding ortho intramolecular Hbond substituents is 1. The van der Waals surface area contributed by atoms with E-state index in [9.17, 15) is 9.90 Å². The van der Waals surface area contributed by atoms with E-state index in [2.05, 4.69) is 10.3 Å². The van der Waals surface area contributed by atoms with E-state index in [0.29, 0.717) is 0 Å². The number of anilines is 1. The maximum absolute atomic E-state index is 11.9. The molecule has 0 radical (unpaired) electrons. The van der Waals surface area contributed by atoms with Gasteiger partial charge >= 0.3 is 0 Å². The highest BCUT2D eigenvalue weighted by atomic mass is 32.1. The number of nitrogens with zero attached hydrogens (tertiary/aromatic N) is 1. The van der Waals surface area contributed by atoms with Crippen LogP contribution in [0.3, 0.4) is 0 Å².